The van der Waals surface area contributed by atoms with Gasteiger partial charge in [0.1, 0.15) is 0 Å². The number of hydrogen-bond donors (Lipinski definition) is 1. The fourth-order valence-electron chi connectivity index (χ4n) is 2.82. The lowest BCUT2D eigenvalue weighted by atomic mass is 9.74. The van der Waals surface area contributed by atoms with E-state index >= 15 is 0 Å². The van der Waals surface area contributed by atoms with Crippen molar-refractivity contribution in [2.45, 2.75) is 65.3 Å². The van der Waals surface area contributed by atoms with Crippen molar-refractivity contribution >= 4 is 0 Å². The Balaban J connectivity index is 2.54. The van der Waals surface area contributed by atoms with Gasteiger partial charge in [-0.2, -0.15) is 0 Å². The molecule has 0 aromatic heterocycles. The first-order valence-corrected chi connectivity index (χ1v) is 5.86. The van der Waals surface area contributed by atoms with Gasteiger partial charge in [0.25, 0.3) is 0 Å². The van der Waals surface area contributed by atoms with Gasteiger partial charge in [-0.05, 0) is 37.0 Å². The average Bonchev–Trinajstić information content (AvgIpc) is 2.51. The second-order valence-corrected chi connectivity index (χ2v) is 5.16. The Hall–Kier alpha value is -0.0400. The first-order chi connectivity index (χ1) is 6.10. The minimum atomic E-state index is 0.444. The fraction of sp³-hybridized carbons (Fsp3) is 1.00. The van der Waals surface area contributed by atoms with Crippen LogP contribution in [0.25, 0.3) is 0 Å². The van der Waals surface area contributed by atoms with Gasteiger partial charge in [0.05, 0.1) is 0 Å². The SMILES string of the molecule is CCC1(C(N)CC(C)C)CCCC1. The molecule has 0 saturated heterocycles. The molecule has 1 fully saturated rings. The van der Waals surface area contributed by atoms with Gasteiger partial charge in [0.2, 0.25) is 0 Å². The highest BCUT2D eigenvalue weighted by Crippen LogP contribution is 2.44. The zero-order chi connectivity index (χ0) is 9.90. The molecule has 0 aliphatic heterocycles. The number of rotatable bonds is 4. The van der Waals surface area contributed by atoms with E-state index in [0.29, 0.717) is 11.5 Å². The van der Waals surface area contributed by atoms with Gasteiger partial charge in [0, 0.05) is 6.04 Å². The predicted molar refractivity (Wildman–Crippen MR) is 58.6 cm³/mol. The van der Waals surface area contributed by atoms with Gasteiger partial charge in [-0.1, -0.05) is 33.6 Å². The maximum absolute atomic E-state index is 6.33. The summed E-state index contributed by atoms with van der Waals surface area (Å²) < 4.78 is 0. The van der Waals surface area contributed by atoms with Crippen LogP contribution in [0, 0.1) is 11.3 Å². The smallest absolute Gasteiger partial charge is 0.00978 e. The Bertz CT molecular complexity index is 145. The van der Waals surface area contributed by atoms with Crippen molar-refractivity contribution in [3.8, 4) is 0 Å². The van der Waals surface area contributed by atoms with Crippen molar-refractivity contribution in [2.24, 2.45) is 17.1 Å². The zero-order valence-electron chi connectivity index (χ0n) is 9.47. The number of nitrogens with two attached hydrogens (primary N) is 1. The van der Waals surface area contributed by atoms with Crippen LogP contribution in [0.4, 0.5) is 0 Å². The molecular weight excluding hydrogens is 158 g/mol. The monoisotopic (exact) mass is 183 g/mol. The quantitative estimate of drug-likeness (QED) is 0.711. The van der Waals surface area contributed by atoms with Crippen molar-refractivity contribution in [3.63, 3.8) is 0 Å². The Labute approximate surface area is 83.1 Å². The van der Waals surface area contributed by atoms with Crippen molar-refractivity contribution < 1.29 is 0 Å². The zero-order valence-corrected chi connectivity index (χ0v) is 9.47. The van der Waals surface area contributed by atoms with Gasteiger partial charge < -0.3 is 5.73 Å². The second kappa shape index (κ2) is 4.45. The van der Waals surface area contributed by atoms with E-state index in [1.54, 1.807) is 0 Å². The molecule has 2 N–H and O–H groups in total. The summed E-state index contributed by atoms with van der Waals surface area (Å²) in [6.07, 6.45) is 8.03. The summed E-state index contributed by atoms with van der Waals surface area (Å²) in [4.78, 5) is 0. The van der Waals surface area contributed by atoms with Gasteiger partial charge in [0.15, 0.2) is 0 Å². The summed E-state index contributed by atoms with van der Waals surface area (Å²) >= 11 is 0. The highest BCUT2D eigenvalue weighted by molar-refractivity contribution is 4.92. The molecular formula is C12H25N. The van der Waals surface area contributed by atoms with Crippen LogP contribution in [0.5, 0.6) is 0 Å². The predicted octanol–water partition coefficient (Wildman–Crippen LogP) is 3.33. The van der Waals surface area contributed by atoms with E-state index in [9.17, 15) is 0 Å². The van der Waals surface area contributed by atoms with Crippen molar-refractivity contribution in [3.05, 3.63) is 0 Å². The third kappa shape index (κ3) is 2.46. The molecule has 0 bridgehead atoms. The fourth-order valence-corrected chi connectivity index (χ4v) is 2.82. The van der Waals surface area contributed by atoms with Gasteiger partial charge >= 0.3 is 0 Å². The normalized spacial score (nSPS) is 23.8. The second-order valence-electron chi connectivity index (χ2n) is 5.16. The highest BCUT2D eigenvalue weighted by Gasteiger charge is 2.37. The third-order valence-electron chi connectivity index (χ3n) is 3.82. The molecule has 0 heterocycles. The molecule has 0 amide bonds. The van der Waals surface area contributed by atoms with Crippen molar-refractivity contribution in [1.29, 1.82) is 0 Å². The van der Waals surface area contributed by atoms with Crippen LogP contribution in [-0.4, -0.2) is 6.04 Å². The first kappa shape index (κ1) is 11.0. The first-order valence-electron chi connectivity index (χ1n) is 5.86. The Kier molecular flexibility index (Phi) is 3.78. The van der Waals surface area contributed by atoms with E-state index < -0.39 is 0 Å². The lowest BCUT2D eigenvalue weighted by Gasteiger charge is -2.35. The summed E-state index contributed by atoms with van der Waals surface area (Å²) in [7, 11) is 0. The van der Waals surface area contributed by atoms with Gasteiger partial charge in [-0.25, -0.2) is 0 Å². The van der Waals surface area contributed by atoms with Crippen molar-refractivity contribution in [2.75, 3.05) is 0 Å². The Morgan fingerprint density at radius 1 is 1.23 bits per heavy atom. The molecule has 0 radical (unpaired) electrons. The molecule has 1 atom stereocenters. The van der Waals surface area contributed by atoms with Gasteiger partial charge in [-0.15, -0.1) is 0 Å². The lowest BCUT2D eigenvalue weighted by Crippen LogP contribution is -2.40. The molecule has 1 rings (SSSR count). The Morgan fingerprint density at radius 3 is 2.15 bits per heavy atom. The summed E-state index contributed by atoms with van der Waals surface area (Å²) in [6.45, 7) is 6.86. The molecule has 1 saturated carbocycles. The van der Waals surface area contributed by atoms with E-state index in [1.807, 2.05) is 0 Å². The van der Waals surface area contributed by atoms with Gasteiger partial charge in [-0.3, -0.25) is 0 Å². The van der Waals surface area contributed by atoms with E-state index in [1.165, 1.54) is 38.5 Å². The summed E-state index contributed by atoms with van der Waals surface area (Å²) in [5, 5.41) is 0. The maximum atomic E-state index is 6.33. The van der Waals surface area contributed by atoms with E-state index in [-0.39, 0.29) is 0 Å². The van der Waals surface area contributed by atoms with E-state index in [4.69, 9.17) is 5.73 Å². The van der Waals surface area contributed by atoms with E-state index in [0.717, 1.165) is 5.92 Å². The van der Waals surface area contributed by atoms with Crippen LogP contribution in [0.3, 0.4) is 0 Å². The largest absolute Gasteiger partial charge is 0.327 e. The minimum absolute atomic E-state index is 0.444. The third-order valence-corrected chi connectivity index (χ3v) is 3.82. The van der Waals surface area contributed by atoms with Crippen LogP contribution in [0.2, 0.25) is 0 Å². The number of hydrogen-bond acceptors (Lipinski definition) is 1. The summed E-state index contributed by atoms with van der Waals surface area (Å²) in [5.74, 6) is 0.749. The van der Waals surface area contributed by atoms with E-state index in [2.05, 4.69) is 20.8 Å². The molecule has 78 valence electrons. The lowest BCUT2D eigenvalue weighted by molar-refractivity contribution is 0.197. The van der Waals surface area contributed by atoms with Crippen LogP contribution in [-0.2, 0) is 0 Å². The molecule has 0 aromatic carbocycles. The molecule has 1 heteroatoms. The topological polar surface area (TPSA) is 26.0 Å². The maximum Gasteiger partial charge on any atom is 0.00978 e. The highest BCUT2D eigenvalue weighted by atomic mass is 14.7. The molecule has 13 heavy (non-hydrogen) atoms. The van der Waals surface area contributed by atoms with Crippen LogP contribution < -0.4 is 5.73 Å². The molecule has 1 nitrogen and oxygen atoms in total. The molecule has 1 aliphatic rings. The Morgan fingerprint density at radius 2 is 1.77 bits per heavy atom. The molecule has 0 aromatic rings. The minimum Gasteiger partial charge on any atom is -0.327 e. The van der Waals surface area contributed by atoms with Crippen LogP contribution in [0.15, 0.2) is 0 Å². The average molecular weight is 183 g/mol. The molecule has 1 unspecified atom stereocenters. The van der Waals surface area contributed by atoms with Crippen LogP contribution in [0.1, 0.15) is 59.3 Å². The van der Waals surface area contributed by atoms with Crippen LogP contribution >= 0.6 is 0 Å². The van der Waals surface area contributed by atoms with Crippen molar-refractivity contribution in [1.82, 2.24) is 0 Å². The standard InChI is InChI=1S/C12H25N/c1-4-12(7-5-6-8-12)11(13)9-10(2)3/h10-11H,4-9,13H2,1-3H3. The summed E-state index contributed by atoms with van der Waals surface area (Å²) in [6, 6.07) is 0.444. The summed E-state index contributed by atoms with van der Waals surface area (Å²) in [5.41, 5.74) is 6.83. The molecule has 0 spiro atoms. The molecule has 1 aliphatic carbocycles.